The quantitative estimate of drug-likeness (QED) is 0.905. The number of hydrogen-bond acceptors (Lipinski definition) is 3. The van der Waals surface area contributed by atoms with Crippen LogP contribution < -0.4 is 15.2 Å². The Labute approximate surface area is 105 Å². The van der Waals surface area contributed by atoms with Crippen LogP contribution in [-0.4, -0.2) is 19.8 Å². The average molecular weight is 257 g/mol. The van der Waals surface area contributed by atoms with Gasteiger partial charge in [0.1, 0.15) is 0 Å². The third-order valence-corrected chi connectivity index (χ3v) is 3.07. The fourth-order valence-electron chi connectivity index (χ4n) is 1.98. The molecule has 1 heterocycles. The highest BCUT2D eigenvalue weighted by Gasteiger charge is 2.22. The molecule has 0 amide bonds. The van der Waals surface area contributed by atoms with E-state index in [9.17, 15) is 8.78 Å². The van der Waals surface area contributed by atoms with Crippen molar-refractivity contribution in [3.8, 4) is 11.5 Å². The van der Waals surface area contributed by atoms with E-state index in [0.29, 0.717) is 36.8 Å². The van der Waals surface area contributed by atoms with Crippen molar-refractivity contribution in [3.63, 3.8) is 0 Å². The van der Waals surface area contributed by atoms with Gasteiger partial charge in [0, 0.05) is 12.0 Å². The van der Waals surface area contributed by atoms with E-state index in [1.807, 2.05) is 6.92 Å². The summed E-state index contributed by atoms with van der Waals surface area (Å²) in [7, 11) is 0. The minimum absolute atomic E-state index is 0.0165. The smallest absolute Gasteiger partial charge is 0.264 e. The van der Waals surface area contributed by atoms with Crippen LogP contribution in [0.4, 0.5) is 8.78 Å². The van der Waals surface area contributed by atoms with Crippen molar-refractivity contribution in [2.75, 3.05) is 19.8 Å². The molecule has 1 atom stereocenters. The Kier molecular flexibility index (Phi) is 4.01. The number of benzene rings is 1. The predicted molar refractivity (Wildman–Crippen MR) is 64.5 cm³/mol. The Morgan fingerprint density at radius 2 is 1.72 bits per heavy atom. The molecule has 5 heteroatoms. The molecule has 0 saturated heterocycles. The van der Waals surface area contributed by atoms with E-state index in [1.165, 1.54) is 6.07 Å². The fourth-order valence-corrected chi connectivity index (χ4v) is 1.98. The molecule has 0 spiro atoms. The third-order valence-electron chi connectivity index (χ3n) is 3.07. The Balaban J connectivity index is 2.47. The molecule has 1 unspecified atom stereocenters. The molecule has 1 aliphatic rings. The first-order valence-electron chi connectivity index (χ1n) is 6.05. The molecule has 1 aliphatic heterocycles. The van der Waals surface area contributed by atoms with Crippen LogP contribution in [0.1, 0.15) is 36.8 Å². The first-order valence-corrected chi connectivity index (χ1v) is 6.05. The normalized spacial score (nSPS) is 16.5. The Hall–Kier alpha value is -1.36. The maximum atomic E-state index is 13.1. The molecular weight excluding hydrogens is 240 g/mol. The lowest BCUT2D eigenvalue weighted by Gasteiger charge is -2.18. The number of hydrogen-bond donors (Lipinski definition) is 1. The summed E-state index contributed by atoms with van der Waals surface area (Å²) >= 11 is 0. The lowest BCUT2D eigenvalue weighted by Crippen LogP contribution is -2.12. The number of alkyl halides is 2. The molecule has 0 aromatic heterocycles. The van der Waals surface area contributed by atoms with E-state index in [-0.39, 0.29) is 11.5 Å². The fraction of sp³-hybridized carbons (Fsp3) is 0.538. The van der Waals surface area contributed by atoms with Crippen LogP contribution in [0.25, 0.3) is 0 Å². The largest absolute Gasteiger partial charge is 0.490 e. The van der Waals surface area contributed by atoms with Gasteiger partial charge in [-0.2, -0.15) is 0 Å². The van der Waals surface area contributed by atoms with Gasteiger partial charge in [-0.15, -0.1) is 0 Å². The van der Waals surface area contributed by atoms with E-state index in [1.54, 1.807) is 6.07 Å². The summed E-state index contributed by atoms with van der Waals surface area (Å²) in [5.41, 5.74) is 6.09. The lowest BCUT2D eigenvalue weighted by atomic mass is 9.95. The van der Waals surface area contributed by atoms with E-state index >= 15 is 0 Å². The van der Waals surface area contributed by atoms with Gasteiger partial charge in [0.2, 0.25) is 0 Å². The molecule has 100 valence electrons. The minimum Gasteiger partial charge on any atom is -0.490 e. The molecule has 0 radical (unpaired) electrons. The van der Waals surface area contributed by atoms with Crippen LogP contribution in [0.15, 0.2) is 12.1 Å². The van der Waals surface area contributed by atoms with Gasteiger partial charge >= 0.3 is 0 Å². The molecule has 1 aromatic rings. The maximum absolute atomic E-state index is 13.1. The monoisotopic (exact) mass is 257 g/mol. The van der Waals surface area contributed by atoms with Crippen LogP contribution in [-0.2, 0) is 0 Å². The van der Waals surface area contributed by atoms with Crippen LogP contribution in [0.2, 0.25) is 0 Å². The number of halogens is 2. The molecule has 0 bridgehead atoms. The number of ether oxygens (including phenoxy) is 2. The van der Waals surface area contributed by atoms with Gasteiger partial charge in [-0.1, -0.05) is 6.92 Å². The Bertz CT molecular complexity index is 424. The standard InChI is InChI=1S/C13H17F2NO2/c1-8(7-16)9-5-11-12(6-10(9)13(14)15)18-4-2-3-17-11/h5-6,8,13H,2-4,7,16H2,1H3. The zero-order valence-corrected chi connectivity index (χ0v) is 10.3. The summed E-state index contributed by atoms with van der Waals surface area (Å²) in [6.45, 7) is 3.17. The zero-order valence-electron chi connectivity index (χ0n) is 10.3. The van der Waals surface area contributed by atoms with Crippen molar-refractivity contribution < 1.29 is 18.3 Å². The molecule has 0 aliphatic carbocycles. The summed E-state index contributed by atoms with van der Waals surface area (Å²) < 4.78 is 37.0. The van der Waals surface area contributed by atoms with E-state index in [2.05, 4.69) is 0 Å². The van der Waals surface area contributed by atoms with Crippen molar-refractivity contribution in [2.45, 2.75) is 25.7 Å². The SMILES string of the molecule is CC(CN)c1cc2c(cc1C(F)F)OCCCO2. The topological polar surface area (TPSA) is 44.5 Å². The van der Waals surface area contributed by atoms with Crippen LogP contribution >= 0.6 is 0 Å². The molecule has 18 heavy (non-hydrogen) atoms. The van der Waals surface area contributed by atoms with Gasteiger partial charge in [0.15, 0.2) is 11.5 Å². The zero-order chi connectivity index (χ0) is 13.1. The van der Waals surface area contributed by atoms with Gasteiger partial charge in [-0.3, -0.25) is 0 Å². The second-order valence-corrected chi connectivity index (χ2v) is 4.42. The van der Waals surface area contributed by atoms with E-state index in [0.717, 1.165) is 6.42 Å². The predicted octanol–water partition coefficient (Wildman–Crippen LogP) is 2.85. The summed E-state index contributed by atoms with van der Waals surface area (Å²) in [6, 6.07) is 3.02. The van der Waals surface area contributed by atoms with Crippen LogP contribution in [0, 0.1) is 0 Å². The highest BCUT2D eigenvalue weighted by molar-refractivity contribution is 5.49. The van der Waals surface area contributed by atoms with Crippen molar-refractivity contribution in [1.29, 1.82) is 0 Å². The highest BCUT2D eigenvalue weighted by atomic mass is 19.3. The molecule has 0 saturated carbocycles. The molecule has 2 N–H and O–H groups in total. The molecule has 2 rings (SSSR count). The van der Waals surface area contributed by atoms with Gasteiger partial charge in [-0.05, 0) is 30.2 Å². The molecule has 1 aromatic carbocycles. The second kappa shape index (κ2) is 5.52. The van der Waals surface area contributed by atoms with Gasteiger partial charge < -0.3 is 15.2 Å². The van der Waals surface area contributed by atoms with Crippen molar-refractivity contribution in [1.82, 2.24) is 0 Å². The molecule has 0 fully saturated rings. The number of nitrogens with two attached hydrogens (primary N) is 1. The van der Waals surface area contributed by atoms with Crippen molar-refractivity contribution >= 4 is 0 Å². The van der Waals surface area contributed by atoms with Gasteiger partial charge in [0.25, 0.3) is 6.43 Å². The lowest BCUT2D eigenvalue weighted by molar-refractivity contribution is 0.149. The second-order valence-electron chi connectivity index (χ2n) is 4.42. The van der Waals surface area contributed by atoms with Crippen molar-refractivity contribution in [3.05, 3.63) is 23.3 Å². The number of rotatable bonds is 3. The first kappa shape index (κ1) is 13.1. The summed E-state index contributed by atoms with van der Waals surface area (Å²) in [5, 5.41) is 0. The minimum atomic E-state index is -2.54. The van der Waals surface area contributed by atoms with E-state index < -0.39 is 6.43 Å². The van der Waals surface area contributed by atoms with Gasteiger partial charge in [0.05, 0.1) is 13.2 Å². The first-order chi connectivity index (χ1) is 8.63. The Morgan fingerprint density at radius 3 is 2.22 bits per heavy atom. The molecule has 3 nitrogen and oxygen atoms in total. The van der Waals surface area contributed by atoms with Gasteiger partial charge in [-0.25, -0.2) is 8.78 Å². The van der Waals surface area contributed by atoms with Crippen molar-refractivity contribution in [2.24, 2.45) is 5.73 Å². The van der Waals surface area contributed by atoms with E-state index in [4.69, 9.17) is 15.2 Å². The summed E-state index contributed by atoms with van der Waals surface area (Å²) in [6.07, 6.45) is -1.79. The number of fused-ring (bicyclic) bond motifs is 1. The highest BCUT2D eigenvalue weighted by Crippen LogP contribution is 2.39. The summed E-state index contributed by atoms with van der Waals surface area (Å²) in [5.74, 6) is 0.800. The summed E-state index contributed by atoms with van der Waals surface area (Å²) in [4.78, 5) is 0. The molecular formula is C13H17F2NO2. The van der Waals surface area contributed by atoms with Crippen LogP contribution in [0.3, 0.4) is 0 Å². The average Bonchev–Trinajstić information content (AvgIpc) is 2.60. The Morgan fingerprint density at radius 1 is 1.17 bits per heavy atom. The van der Waals surface area contributed by atoms with Crippen LogP contribution in [0.5, 0.6) is 11.5 Å². The maximum Gasteiger partial charge on any atom is 0.264 e. The third kappa shape index (κ3) is 2.56.